The molecular formula is C12H7Cl2NO6. The summed E-state index contributed by atoms with van der Waals surface area (Å²) in [4.78, 5) is 21.1. The van der Waals surface area contributed by atoms with Crippen LogP contribution in [-0.2, 0) is 6.61 Å². The Morgan fingerprint density at radius 3 is 2.67 bits per heavy atom. The molecule has 0 unspecified atom stereocenters. The van der Waals surface area contributed by atoms with Gasteiger partial charge in [0.15, 0.2) is 5.75 Å². The zero-order chi connectivity index (χ0) is 15.6. The van der Waals surface area contributed by atoms with Gasteiger partial charge < -0.3 is 14.3 Å². The van der Waals surface area contributed by atoms with E-state index in [1.165, 1.54) is 18.4 Å². The third-order valence-electron chi connectivity index (χ3n) is 2.52. The number of furan rings is 1. The number of nitro groups is 1. The largest absolute Gasteiger partial charge is 0.482 e. The maximum absolute atomic E-state index is 10.9. The Morgan fingerprint density at radius 2 is 2.05 bits per heavy atom. The van der Waals surface area contributed by atoms with Gasteiger partial charge in [-0.05, 0) is 6.07 Å². The number of ether oxygens (including phenoxy) is 1. The summed E-state index contributed by atoms with van der Waals surface area (Å²) in [7, 11) is 0. The molecule has 0 fully saturated rings. The van der Waals surface area contributed by atoms with Crippen molar-refractivity contribution in [2.24, 2.45) is 0 Å². The van der Waals surface area contributed by atoms with E-state index in [4.69, 9.17) is 37.5 Å². The minimum atomic E-state index is -1.26. The van der Waals surface area contributed by atoms with Gasteiger partial charge >= 0.3 is 11.7 Å². The lowest BCUT2D eigenvalue weighted by Gasteiger charge is -2.07. The highest BCUT2D eigenvalue weighted by Crippen LogP contribution is 2.36. The van der Waals surface area contributed by atoms with E-state index in [9.17, 15) is 14.9 Å². The number of hydrogen-bond acceptors (Lipinski definition) is 5. The normalized spacial score (nSPS) is 10.4. The van der Waals surface area contributed by atoms with Crippen molar-refractivity contribution in [1.29, 1.82) is 0 Å². The first-order chi connectivity index (χ1) is 9.90. The molecule has 9 heteroatoms. The van der Waals surface area contributed by atoms with E-state index in [2.05, 4.69) is 0 Å². The second kappa shape index (κ2) is 6.02. The lowest BCUT2D eigenvalue weighted by molar-refractivity contribution is -0.385. The van der Waals surface area contributed by atoms with E-state index in [0.29, 0.717) is 0 Å². The molecule has 110 valence electrons. The Kier molecular flexibility index (Phi) is 4.35. The molecule has 7 nitrogen and oxygen atoms in total. The Hall–Kier alpha value is -2.25. The van der Waals surface area contributed by atoms with E-state index < -0.39 is 10.9 Å². The molecule has 2 rings (SSSR count). The van der Waals surface area contributed by atoms with Gasteiger partial charge in [-0.2, -0.15) is 0 Å². The number of nitrogens with zero attached hydrogens (tertiary/aromatic N) is 1. The quantitative estimate of drug-likeness (QED) is 0.660. The van der Waals surface area contributed by atoms with Gasteiger partial charge in [0.2, 0.25) is 5.76 Å². The van der Waals surface area contributed by atoms with Crippen LogP contribution in [0, 0.1) is 10.1 Å². The van der Waals surface area contributed by atoms with E-state index in [-0.39, 0.29) is 39.4 Å². The second-order valence-corrected chi connectivity index (χ2v) is 4.67. The summed E-state index contributed by atoms with van der Waals surface area (Å²) in [6, 6.07) is 3.65. The van der Waals surface area contributed by atoms with Gasteiger partial charge in [-0.15, -0.1) is 0 Å². The number of aromatic carboxylic acids is 1. The van der Waals surface area contributed by atoms with Gasteiger partial charge in [0.05, 0.1) is 21.2 Å². The number of nitro benzene ring substituents is 1. The summed E-state index contributed by atoms with van der Waals surface area (Å²) >= 11 is 11.5. The van der Waals surface area contributed by atoms with Gasteiger partial charge in [-0.1, -0.05) is 23.2 Å². The molecule has 1 N–H and O–H groups in total. The van der Waals surface area contributed by atoms with E-state index in [1.807, 2.05) is 0 Å². The fourth-order valence-corrected chi connectivity index (χ4v) is 1.88. The molecule has 0 bridgehead atoms. The molecule has 0 aliphatic carbocycles. The number of carboxylic acids is 1. The Labute approximate surface area is 127 Å². The number of halogens is 2. The minimum absolute atomic E-state index is 0.0188. The Morgan fingerprint density at radius 1 is 1.38 bits per heavy atom. The molecule has 0 atom stereocenters. The van der Waals surface area contributed by atoms with Gasteiger partial charge in [-0.3, -0.25) is 10.1 Å². The topological polar surface area (TPSA) is 103 Å². The molecule has 1 aromatic carbocycles. The maximum Gasteiger partial charge on any atom is 0.372 e. The number of carboxylic acid groups (broad SMARTS) is 1. The molecule has 0 aliphatic rings. The number of hydrogen-bond donors (Lipinski definition) is 1. The average molecular weight is 332 g/mol. The highest BCUT2D eigenvalue weighted by Gasteiger charge is 2.20. The predicted molar refractivity (Wildman–Crippen MR) is 73.1 cm³/mol. The highest BCUT2D eigenvalue weighted by molar-refractivity contribution is 6.42. The van der Waals surface area contributed by atoms with Crippen LogP contribution >= 0.6 is 23.2 Å². The predicted octanol–water partition coefficient (Wildman–Crippen LogP) is 3.77. The van der Waals surface area contributed by atoms with Gasteiger partial charge in [0.1, 0.15) is 6.61 Å². The van der Waals surface area contributed by atoms with Crippen molar-refractivity contribution >= 4 is 34.9 Å². The van der Waals surface area contributed by atoms with Crippen LogP contribution in [0.4, 0.5) is 5.69 Å². The molecule has 0 saturated carbocycles. The van der Waals surface area contributed by atoms with Gasteiger partial charge in [0.25, 0.3) is 0 Å². The van der Waals surface area contributed by atoms with Crippen LogP contribution in [0.25, 0.3) is 0 Å². The molecule has 0 saturated heterocycles. The number of benzene rings is 1. The lowest BCUT2D eigenvalue weighted by atomic mass is 10.2. The summed E-state index contributed by atoms with van der Waals surface area (Å²) in [6.45, 7) is -0.225. The zero-order valence-electron chi connectivity index (χ0n) is 10.2. The fourth-order valence-electron chi connectivity index (χ4n) is 1.57. The van der Waals surface area contributed by atoms with Crippen LogP contribution < -0.4 is 4.74 Å². The monoisotopic (exact) mass is 331 g/mol. The standard InChI is InChI=1S/C12H7Cl2NO6/c13-7-3-9(15(18)19)10(4-8(7)14)21-5-6-1-2-20-11(6)12(16)17/h1-4H,5H2,(H,16,17). The molecule has 1 aromatic heterocycles. The summed E-state index contributed by atoms with van der Waals surface area (Å²) in [5.41, 5.74) is -0.132. The molecule has 0 radical (unpaired) electrons. The first-order valence-corrected chi connectivity index (χ1v) is 6.21. The van der Waals surface area contributed by atoms with Gasteiger partial charge in [-0.25, -0.2) is 4.79 Å². The van der Waals surface area contributed by atoms with Crippen molar-refractivity contribution in [2.75, 3.05) is 0 Å². The zero-order valence-corrected chi connectivity index (χ0v) is 11.7. The molecule has 0 amide bonds. The van der Waals surface area contributed by atoms with Crippen molar-refractivity contribution in [2.45, 2.75) is 6.61 Å². The lowest BCUT2D eigenvalue weighted by Crippen LogP contribution is -2.04. The smallest absolute Gasteiger partial charge is 0.372 e. The number of rotatable bonds is 5. The Bertz CT molecular complexity index is 712. The first kappa shape index (κ1) is 15.1. The van der Waals surface area contributed by atoms with E-state index in [1.54, 1.807) is 0 Å². The van der Waals surface area contributed by atoms with Crippen molar-refractivity contribution in [1.82, 2.24) is 0 Å². The molecule has 21 heavy (non-hydrogen) atoms. The Balaban J connectivity index is 2.27. The van der Waals surface area contributed by atoms with Crippen LogP contribution in [0.1, 0.15) is 16.1 Å². The first-order valence-electron chi connectivity index (χ1n) is 5.46. The third-order valence-corrected chi connectivity index (χ3v) is 3.24. The molecule has 2 aromatic rings. The van der Waals surface area contributed by atoms with Crippen molar-refractivity contribution < 1.29 is 24.0 Å². The highest BCUT2D eigenvalue weighted by atomic mass is 35.5. The van der Waals surface area contributed by atoms with Crippen LogP contribution in [0.5, 0.6) is 5.75 Å². The summed E-state index contributed by atoms with van der Waals surface area (Å²) in [6.07, 6.45) is 1.19. The summed E-state index contributed by atoms with van der Waals surface area (Å²) in [5, 5.41) is 19.9. The van der Waals surface area contributed by atoms with Crippen LogP contribution in [0.2, 0.25) is 10.0 Å². The molecular weight excluding hydrogens is 325 g/mol. The maximum atomic E-state index is 10.9. The number of carbonyl (C=O) groups is 1. The van der Waals surface area contributed by atoms with Crippen molar-refractivity contribution in [3.63, 3.8) is 0 Å². The van der Waals surface area contributed by atoms with Gasteiger partial charge in [0, 0.05) is 17.7 Å². The van der Waals surface area contributed by atoms with Crippen LogP contribution in [0.3, 0.4) is 0 Å². The average Bonchev–Trinajstić information content (AvgIpc) is 2.88. The second-order valence-electron chi connectivity index (χ2n) is 3.86. The summed E-state index contributed by atoms with van der Waals surface area (Å²) in [5.74, 6) is -1.67. The van der Waals surface area contributed by atoms with Crippen LogP contribution in [-0.4, -0.2) is 16.0 Å². The SMILES string of the molecule is O=C(O)c1occc1COc1cc(Cl)c(Cl)cc1[N+](=O)[O-]. The molecule has 0 spiro atoms. The summed E-state index contributed by atoms with van der Waals surface area (Å²) < 4.78 is 10.0. The molecule has 1 heterocycles. The van der Waals surface area contributed by atoms with Crippen molar-refractivity contribution in [3.05, 3.63) is 55.9 Å². The molecule has 0 aliphatic heterocycles. The van der Waals surface area contributed by atoms with Crippen LogP contribution in [0.15, 0.2) is 28.9 Å². The van der Waals surface area contributed by atoms with E-state index >= 15 is 0 Å². The third kappa shape index (κ3) is 3.26. The van der Waals surface area contributed by atoms with E-state index in [0.717, 1.165) is 6.07 Å². The van der Waals surface area contributed by atoms with Crippen molar-refractivity contribution in [3.8, 4) is 5.75 Å². The minimum Gasteiger partial charge on any atom is -0.482 e. The fraction of sp³-hybridized carbons (Fsp3) is 0.0833.